The van der Waals surface area contributed by atoms with E-state index in [9.17, 15) is 4.79 Å². The molecule has 5 heteroatoms. The van der Waals surface area contributed by atoms with Gasteiger partial charge in [-0.05, 0) is 0 Å². The topological polar surface area (TPSA) is 76.0 Å². The van der Waals surface area contributed by atoms with Gasteiger partial charge in [-0.25, -0.2) is 9.78 Å². The highest BCUT2D eigenvalue weighted by Crippen LogP contribution is 2.10. The summed E-state index contributed by atoms with van der Waals surface area (Å²) in [5.41, 5.74) is 0.811. The Bertz CT molecular complexity index is 464. The highest BCUT2D eigenvalue weighted by Gasteiger charge is 2.09. The lowest BCUT2D eigenvalue weighted by atomic mass is 10.2. The molecule has 2 aromatic rings. The van der Waals surface area contributed by atoms with E-state index >= 15 is 0 Å². The van der Waals surface area contributed by atoms with Crippen LogP contribution in [0.5, 0.6) is 0 Å². The Morgan fingerprint density at radius 2 is 2.31 bits per heavy atom. The summed E-state index contributed by atoms with van der Waals surface area (Å²) in [4.78, 5) is 22.1. The van der Waals surface area contributed by atoms with Crippen LogP contribution in [-0.4, -0.2) is 26.0 Å². The average Bonchev–Trinajstić information content (AvgIpc) is 2.17. The van der Waals surface area contributed by atoms with Crippen molar-refractivity contribution in [1.82, 2.24) is 15.0 Å². The molecule has 5 nitrogen and oxygen atoms in total. The number of carboxylic acids is 1. The Balaban J connectivity index is 2.83. The zero-order valence-corrected chi connectivity index (χ0v) is 6.43. The van der Waals surface area contributed by atoms with E-state index in [1.165, 1.54) is 18.6 Å². The molecule has 0 fully saturated rings. The summed E-state index contributed by atoms with van der Waals surface area (Å²) in [6.45, 7) is 0. The predicted molar refractivity (Wildman–Crippen MR) is 43.1 cm³/mol. The molecule has 1 radical (unpaired) electrons. The number of aromatic carboxylic acids is 1. The van der Waals surface area contributed by atoms with Gasteiger partial charge in [0.15, 0.2) is 0 Å². The third kappa shape index (κ3) is 1.20. The van der Waals surface area contributed by atoms with Crippen LogP contribution in [0.25, 0.3) is 11.0 Å². The van der Waals surface area contributed by atoms with Crippen LogP contribution < -0.4 is 0 Å². The minimum atomic E-state index is -1.06. The molecule has 13 heavy (non-hydrogen) atoms. The highest BCUT2D eigenvalue weighted by molar-refractivity contribution is 5.99. The summed E-state index contributed by atoms with van der Waals surface area (Å²) in [5.74, 6) is -1.06. The van der Waals surface area contributed by atoms with Gasteiger partial charge in [0.2, 0.25) is 0 Å². The molecule has 0 aromatic carbocycles. The second-order valence-electron chi connectivity index (χ2n) is 2.36. The number of hydrogen-bond donors (Lipinski definition) is 1. The minimum Gasteiger partial charge on any atom is -0.478 e. The molecule has 0 saturated carbocycles. The average molecular weight is 174 g/mol. The fraction of sp³-hybridized carbons (Fsp3) is 0. The highest BCUT2D eigenvalue weighted by atomic mass is 16.4. The Hall–Kier alpha value is -2.04. The van der Waals surface area contributed by atoms with Crippen molar-refractivity contribution >= 4 is 17.0 Å². The smallest absolute Gasteiger partial charge is 0.339 e. The summed E-state index contributed by atoms with van der Waals surface area (Å²) in [5, 5.41) is 8.76. The van der Waals surface area contributed by atoms with Crippen LogP contribution in [0.1, 0.15) is 10.4 Å². The van der Waals surface area contributed by atoms with Gasteiger partial charge in [0.05, 0.1) is 12.4 Å². The van der Waals surface area contributed by atoms with Crippen molar-refractivity contribution in [3.05, 3.63) is 30.4 Å². The molecule has 2 rings (SSSR count). The minimum absolute atomic E-state index is 0.0434. The molecule has 0 amide bonds. The van der Waals surface area contributed by atoms with Crippen molar-refractivity contribution in [2.24, 2.45) is 0 Å². The Kier molecular flexibility index (Phi) is 1.63. The number of carbonyl (C=O) groups is 1. The maximum Gasteiger partial charge on any atom is 0.339 e. The number of fused-ring (bicyclic) bond motifs is 1. The molecule has 0 aliphatic carbocycles. The van der Waals surface area contributed by atoms with Crippen LogP contribution in [0, 0.1) is 6.20 Å². The first-order valence-electron chi connectivity index (χ1n) is 3.49. The first-order valence-corrected chi connectivity index (χ1v) is 3.49. The van der Waals surface area contributed by atoms with Crippen LogP contribution in [0.15, 0.2) is 18.6 Å². The lowest BCUT2D eigenvalue weighted by molar-refractivity contribution is 0.0698. The normalized spacial score (nSPS) is 10.2. The lowest BCUT2D eigenvalue weighted by Gasteiger charge is -1.97. The van der Waals surface area contributed by atoms with E-state index in [1.54, 1.807) is 0 Å². The second-order valence-corrected chi connectivity index (χ2v) is 2.36. The maximum atomic E-state index is 10.7. The summed E-state index contributed by atoms with van der Waals surface area (Å²) in [6, 6.07) is 0. The fourth-order valence-corrected chi connectivity index (χ4v) is 1.00. The second kappa shape index (κ2) is 2.78. The molecule has 2 heterocycles. The first kappa shape index (κ1) is 7.60. The quantitative estimate of drug-likeness (QED) is 0.682. The van der Waals surface area contributed by atoms with Gasteiger partial charge in [-0.3, -0.25) is 9.97 Å². The van der Waals surface area contributed by atoms with Gasteiger partial charge in [-0.1, -0.05) is 0 Å². The third-order valence-electron chi connectivity index (χ3n) is 1.57. The number of pyridine rings is 1. The molecule has 63 valence electrons. The van der Waals surface area contributed by atoms with E-state index in [2.05, 4.69) is 21.1 Å². The van der Waals surface area contributed by atoms with Crippen LogP contribution in [0.2, 0.25) is 0 Å². The molecule has 0 spiro atoms. The summed E-state index contributed by atoms with van der Waals surface area (Å²) in [7, 11) is 0. The van der Waals surface area contributed by atoms with Crippen LogP contribution >= 0.6 is 0 Å². The van der Waals surface area contributed by atoms with E-state index < -0.39 is 5.97 Å². The van der Waals surface area contributed by atoms with E-state index in [4.69, 9.17) is 5.11 Å². The number of rotatable bonds is 1. The number of carboxylic acid groups (broad SMARTS) is 1. The molecule has 0 atom stereocenters. The maximum absolute atomic E-state index is 10.7. The Labute approximate surface area is 73.1 Å². The summed E-state index contributed by atoms with van der Waals surface area (Å²) >= 11 is 0. The zero-order valence-electron chi connectivity index (χ0n) is 6.43. The van der Waals surface area contributed by atoms with Crippen molar-refractivity contribution in [1.29, 1.82) is 0 Å². The van der Waals surface area contributed by atoms with Gasteiger partial charge in [-0.2, -0.15) is 0 Å². The molecule has 1 N–H and O–H groups in total. The standard InChI is InChI=1S/C8H4N3O2/c12-8(13)5-3-9-4-6-7(5)11-2-1-10-6/h1,3-4H,(H,12,13). The summed E-state index contributed by atoms with van der Waals surface area (Å²) < 4.78 is 0. The predicted octanol–water partition coefficient (Wildman–Crippen LogP) is 0.523. The number of nitrogens with zero attached hydrogens (tertiary/aromatic N) is 3. The third-order valence-corrected chi connectivity index (χ3v) is 1.57. The molecule has 0 aliphatic heterocycles. The van der Waals surface area contributed by atoms with Crippen molar-refractivity contribution in [3.63, 3.8) is 0 Å². The number of hydrogen-bond acceptors (Lipinski definition) is 4. The molecule has 0 saturated heterocycles. The van der Waals surface area contributed by atoms with Crippen molar-refractivity contribution in [2.45, 2.75) is 0 Å². The molecule has 0 aliphatic rings. The van der Waals surface area contributed by atoms with Crippen molar-refractivity contribution in [3.8, 4) is 0 Å². The van der Waals surface area contributed by atoms with E-state index in [1.807, 2.05) is 0 Å². The SMILES string of the molecule is O=C(O)c1cncc2nc[c]nc12. The van der Waals surface area contributed by atoms with E-state index in [0.29, 0.717) is 11.0 Å². The zero-order chi connectivity index (χ0) is 9.26. The van der Waals surface area contributed by atoms with Gasteiger partial charge in [0.25, 0.3) is 0 Å². The molecular weight excluding hydrogens is 170 g/mol. The van der Waals surface area contributed by atoms with E-state index in [-0.39, 0.29) is 5.56 Å². The Morgan fingerprint density at radius 3 is 3.08 bits per heavy atom. The summed E-state index contributed by atoms with van der Waals surface area (Å²) in [6.07, 6.45) is 6.55. The van der Waals surface area contributed by atoms with Gasteiger partial charge in [-0.15, -0.1) is 0 Å². The Morgan fingerprint density at radius 1 is 1.46 bits per heavy atom. The van der Waals surface area contributed by atoms with Crippen molar-refractivity contribution in [2.75, 3.05) is 0 Å². The van der Waals surface area contributed by atoms with Gasteiger partial charge < -0.3 is 5.11 Å². The largest absolute Gasteiger partial charge is 0.478 e. The lowest BCUT2D eigenvalue weighted by Crippen LogP contribution is -2.00. The molecular formula is C8H4N3O2. The van der Waals surface area contributed by atoms with Crippen LogP contribution in [-0.2, 0) is 0 Å². The van der Waals surface area contributed by atoms with Crippen LogP contribution in [0.3, 0.4) is 0 Å². The molecule has 2 aromatic heterocycles. The monoisotopic (exact) mass is 174 g/mol. The number of aromatic nitrogens is 3. The van der Waals surface area contributed by atoms with Gasteiger partial charge in [0, 0.05) is 6.20 Å². The fourth-order valence-electron chi connectivity index (χ4n) is 1.00. The van der Waals surface area contributed by atoms with Crippen LogP contribution in [0.4, 0.5) is 0 Å². The van der Waals surface area contributed by atoms with Crippen molar-refractivity contribution < 1.29 is 9.90 Å². The molecule has 0 bridgehead atoms. The van der Waals surface area contributed by atoms with E-state index in [0.717, 1.165) is 0 Å². The van der Waals surface area contributed by atoms with Gasteiger partial charge >= 0.3 is 5.97 Å². The van der Waals surface area contributed by atoms with Gasteiger partial charge in [0.1, 0.15) is 22.8 Å². The molecule has 0 unspecified atom stereocenters. The first-order chi connectivity index (χ1) is 6.29.